The maximum atomic E-state index is 13.2. The van der Waals surface area contributed by atoms with Crippen LogP contribution in [0.5, 0.6) is 0 Å². The number of sulfonamides is 1. The highest BCUT2D eigenvalue weighted by Crippen LogP contribution is 2.31. The van der Waals surface area contributed by atoms with Crippen molar-refractivity contribution in [3.8, 4) is 6.07 Å². The van der Waals surface area contributed by atoms with Gasteiger partial charge in [-0.15, -0.1) is 0 Å². The van der Waals surface area contributed by atoms with Gasteiger partial charge in [0.2, 0.25) is 10.0 Å². The average molecular weight is 468 g/mol. The van der Waals surface area contributed by atoms with Crippen LogP contribution < -0.4 is 4.90 Å². The maximum absolute atomic E-state index is 13.2. The quantitative estimate of drug-likeness (QED) is 0.649. The van der Waals surface area contributed by atoms with Gasteiger partial charge in [0.05, 0.1) is 24.3 Å². The number of hydrogen-bond donors (Lipinski definition) is 0. The lowest BCUT2D eigenvalue weighted by Crippen LogP contribution is -2.49. The molecule has 0 atom stereocenters. The number of aryl methyl sites for hydroxylation is 1. The highest BCUT2D eigenvalue weighted by atomic mass is 32.2. The molecule has 0 spiro atoms. The van der Waals surface area contributed by atoms with Crippen LogP contribution in [0.25, 0.3) is 0 Å². The fourth-order valence-corrected chi connectivity index (χ4v) is 4.57. The van der Waals surface area contributed by atoms with E-state index in [0.717, 1.165) is 18.4 Å². The van der Waals surface area contributed by atoms with Gasteiger partial charge in [-0.25, -0.2) is 18.4 Å². The molecule has 1 saturated heterocycles. The molecule has 3 rings (SSSR count). The highest BCUT2D eigenvalue weighted by molar-refractivity contribution is 7.88. The van der Waals surface area contributed by atoms with E-state index in [1.807, 2.05) is 17.9 Å². The van der Waals surface area contributed by atoms with Crippen molar-refractivity contribution in [1.29, 1.82) is 5.26 Å². The van der Waals surface area contributed by atoms with E-state index in [9.17, 15) is 21.6 Å². The third-order valence-electron chi connectivity index (χ3n) is 5.33. The molecule has 2 heterocycles. The number of anilines is 1. The predicted octanol–water partition coefficient (Wildman–Crippen LogP) is 2.80. The summed E-state index contributed by atoms with van der Waals surface area (Å²) in [6, 6.07) is 7.18. The third kappa shape index (κ3) is 5.55. The van der Waals surface area contributed by atoms with Crippen LogP contribution in [0, 0.1) is 11.3 Å². The summed E-state index contributed by atoms with van der Waals surface area (Å²) in [6.45, 7) is 3.21. The molecule has 0 radical (unpaired) electrons. The molecule has 1 aliphatic rings. The second-order valence-electron chi connectivity index (χ2n) is 7.60. The number of halogens is 3. The zero-order valence-electron chi connectivity index (χ0n) is 17.9. The van der Waals surface area contributed by atoms with Gasteiger partial charge in [0.25, 0.3) is 0 Å². The Labute approximate surface area is 185 Å². The van der Waals surface area contributed by atoms with E-state index in [4.69, 9.17) is 5.26 Å². The monoisotopic (exact) mass is 467 g/mol. The average Bonchev–Trinajstić information content (AvgIpc) is 2.74. The van der Waals surface area contributed by atoms with Gasteiger partial charge in [0.1, 0.15) is 11.6 Å². The molecule has 0 bridgehead atoms. The molecule has 1 aromatic carbocycles. The maximum Gasteiger partial charge on any atom is 0.416 e. The zero-order chi connectivity index (χ0) is 23.5. The Morgan fingerprint density at radius 2 is 1.84 bits per heavy atom. The largest absolute Gasteiger partial charge is 0.416 e. The Balaban J connectivity index is 2.01. The van der Waals surface area contributed by atoms with E-state index < -0.39 is 21.8 Å². The molecule has 2 aromatic rings. The Morgan fingerprint density at radius 1 is 1.16 bits per heavy atom. The van der Waals surface area contributed by atoms with E-state index >= 15 is 0 Å². The number of aromatic nitrogens is 2. The standard InChI is InChI=1S/C21H24F3N5O2S/c1-3-18-17(14-15-5-4-6-16(13-15)21(22,23)24)20(27-19(26-18)7-8-25)28-9-11-29(12-10-28)32(2,30)31/h4-6,13H,3,7,9-12,14H2,1-2H3. The van der Waals surface area contributed by atoms with Crippen LogP contribution in [-0.2, 0) is 35.5 Å². The Bertz CT molecular complexity index is 1120. The fourth-order valence-electron chi connectivity index (χ4n) is 3.75. The zero-order valence-corrected chi connectivity index (χ0v) is 18.7. The SMILES string of the molecule is CCc1nc(CC#N)nc(N2CCN(S(C)(=O)=O)CC2)c1Cc1cccc(C(F)(F)F)c1. The normalized spacial score (nSPS) is 15.6. The van der Waals surface area contributed by atoms with E-state index in [0.29, 0.717) is 48.0 Å². The van der Waals surface area contributed by atoms with Gasteiger partial charge < -0.3 is 4.90 Å². The molecular formula is C21H24F3N5O2S. The van der Waals surface area contributed by atoms with E-state index in [1.165, 1.54) is 10.4 Å². The molecule has 0 aliphatic carbocycles. The van der Waals surface area contributed by atoms with Crippen molar-refractivity contribution >= 4 is 15.8 Å². The minimum absolute atomic E-state index is 0.00709. The van der Waals surface area contributed by atoms with Crippen LogP contribution in [0.1, 0.15) is 35.1 Å². The number of piperazine rings is 1. The summed E-state index contributed by atoms with van der Waals surface area (Å²) in [5, 5.41) is 9.10. The van der Waals surface area contributed by atoms with Crippen molar-refractivity contribution in [2.24, 2.45) is 0 Å². The number of nitriles is 1. The lowest BCUT2D eigenvalue weighted by molar-refractivity contribution is -0.137. The second kappa shape index (κ2) is 9.42. The van der Waals surface area contributed by atoms with Crippen LogP contribution in [0.3, 0.4) is 0 Å². The van der Waals surface area contributed by atoms with Crippen molar-refractivity contribution in [1.82, 2.24) is 14.3 Å². The van der Waals surface area contributed by atoms with Crippen LogP contribution >= 0.6 is 0 Å². The number of alkyl halides is 3. The van der Waals surface area contributed by atoms with Gasteiger partial charge in [0, 0.05) is 43.9 Å². The molecule has 0 unspecified atom stereocenters. The number of benzene rings is 1. The molecule has 32 heavy (non-hydrogen) atoms. The van der Waals surface area contributed by atoms with Gasteiger partial charge in [0.15, 0.2) is 0 Å². The Kier molecular flexibility index (Phi) is 7.05. The summed E-state index contributed by atoms with van der Waals surface area (Å²) in [5.41, 5.74) is 1.12. The van der Waals surface area contributed by atoms with Crippen LogP contribution in [0.4, 0.5) is 19.0 Å². The summed E-state index contributed by atoms with van der Waals surface area (Å²) < 4.78 is 64.6. The minimum atomic E-state index is -4.44. The molecule has 1 aromatic heterocycles. The van der Waals surface area contributed by atoms with Crippen LogP contribution in [-0.4, -0.2) is 55.1 Å². The van der Waals surface area contributed by atoms with E-state index in [-0.39, 0.29) is 25.9 Å². The van der Waals surface area contributed by atoms with Gasteiger partial charge in [-0.05, 0) is 18.1 Å². The molecule has 0 saturated carbocycles. The van der Waals surface area contributed by atoms with Crippen LogP contribution in [0.15, 0.2) is 24.3 Å². The molecule has 1 aliphatic heterocycles. The van der Waals surface area contributed by atoms with E-state index in [1.54, 1.807) is 6.07 Å². The first-order chi connectivity index (χ1) is 15.0. The lowest BCUT2D eigenvalue weighted by Gasteiger charge is -2.35. The predicted molar refractivity (Wildman–Crippen MR) is 114 cm³/mol. The molecule has 11 heteroatoms. The minimum Gasteiger partial charge on any atom is -0.354 e. The lowest BCUT2D eigenvalue weighted by atomic mass is 10.00. The van der Waals surface area contributed by atoms with Crippen LogP contribution in [0.2, 0.25) is 0 Å². The van der Waals surface area contributed by atoms with Gasteiger partial charge in [-0.3, -0.25) is 0 Å². The topological polar surface area (TPSA) is 90.2 Å². The van der Waals surface area contributed by atoms with Crippen molar-refractivity contribution in [2.45, 2.75) is 32.4 Å². The Morgan fingerprint density at radius 3 is 2.41 bits per heavy atom. The molecule has 1 fully saturated rings. The first-order valence-electron chi connectivity index (χ1n) is 10.1. The summed E-state index contributed by atoms with van der Waals surface area (Å²) in [7, 11) is -3.31. The number of nitrogens with zero attached hydrogens (tertiary/aromatic N) is 5. The molecule has 7 nitrogen and oxygen atoms in total. The number of hydrogen-bond acceptors (Lipinski definition) is 6. The van der Waals surface area contributed by atoms with Gasteiger partial charge in [-0.1, -0.05) is 25.1 Å². The summed E-state index contributed by atoms with van der Waals surface area (Å²) in [5.74, 6) is 0.894. The summed E-state index contributed by atoms with van der Waals surface area (Å²) in [4.78, 5) is 10.9. The Hall–Kier alpha value is -2.71. The molecular weight excluding hydrogens is 443 g/mol. The first kappa shape index (κ1) is 23.9. The van der Waals surface area contributed by atoms with Crippen molar-refractivity contribution in [3.05, 3.63) is 52.5 Å². The molecule has 172 valence electrons. The van der Waals surface area contributed by atoms with Crippen molar-refractivity contribution in [2.75, 3.05) is 37.3 Å². The second-order valence-corrected chi connectivity index (χ2v) is 9.58. The van der Waals surface area contributed by atoms with Crippen molar-refractivity contribution in [3.63, 3.8) is 0 Å². The molecule has 0 amide bonds. The first-order valence-corrected chi connectivity index (χ1v) is 12.0. The highest BCUT2D eigenvalue weighted by Gasteiger charge is 2.31. The van der Waals surface area contributed by atoms with Gasteiger partial charge in [-0.2, -0.15) is 22.7 Å². The fraction of sp³-hybridized carbons (Fsp3) is 0.476. The summed E-state index contributed by atoms with van der Waals surface area (Å²) in [6.07, 6.45) is -2.56. The molecule has 0 N–H and O–H groups in total. The third-order valence-corrected chi connectivity index (χ3v) is 6.63. The van der Waals surface area contributed by atoms with Gasteiger partial charge >= 0.3 is 6.18 Å². The smallest absolute Gasteiger partial charge is 0.354 e. The van der Waals surface area contributed by atoms with E-state index in [2.05, 4.69) is 9.97 Å². The van der Waals surface area contributed by atoms with Crippen molar-refractivity contribution < 1.29 is 21.6 Å². The summed E-state index contributed by atoms with van der Waals surface area (Å²) >= 11 is 0. The number of rotatable bonds is 6.